The largest absolute Gasteiger partial charge is 0.331 e. The van der Waals surface area contributed by atoms with E-state index in [9.17, 15) is 4.79 Å². The number of carbonyl (C=O) groups is 1. The number of benzene rings is 1. The molecule has 1 aliphatic heterocycles. The van der Waals surface area contributed by atoms with E-state index in [4.69, 9.17) is 0 Å². The molecular formula is C18H20N6O. The molecule has 3 aromatic rings. The van der Waals surface area contributed by atoms with Crippen molar-refractivity contribution in [2.24, 2.45) is 0 Å². The maximum absolute atomic E-state index is 12.6. The summed E-state index contributed by atoms with van der Waals surface area (Å²) in [5.74, 6) is 1.68. The van der Waals surface area contributed by atoms with Crippen LogP contribution in [0, 0.1) is 0 Å². The number of nitrogens with zero attached hydrogens (tertiary/aromatic N) is 6. The summed E-state index contributed by atoms with van der Waals surface area (Å²) in [7, 11) is 0. The van der Waals surface area contributed by atoms with E-state index in [-0.39, 0.29) is 11.9 Å². The van der Waals surface area contributed by atoms with Crippen molar-refractivity contribution in [3.8, 4) is 11.4 Å². The highest BCUT2D eigenvalue weighted by molar-refractivity contribution is 5.76. The van der Waals surface area contributed by atoms with Gasteiger partial charge in [0.2, 0.25) is 5.91 Å². The topological polar surface area (TPSA) is 68.8 Å². The van der Waals surface area contributed by atoms with Crippen LogP contribution in [0.15, 0.2) is 48.8 Å². The predicted octanol–water partition coefficient (Wildman–Crippen LogP) is 2.14. The lowest BCUT2D eigenvalue weighted by Crippen LogP contribution is -2.41. The number of fused-ring (bicyclic) bond motifs is 1. The molecule has 1 aromatic carbocycles. The Balaban J connectivity index is 1.50. The van der Waals surface area contributed by atoms with Gasteiger partial charge in [-0.3, -0.25) is 9.48 Å². The normalized spacial score (nSPS) is 16.7. The lowest BCUT2D eigenvalue weighted by Gasteiger charge is -2.33. The molecular weight excluding hydrogens is 316 g/mol. The molecule has 0 radical (unpaired) electrons. The van der Waals surface area contributed by atoms with Crippen molar-refractivity contribution < 1.29 is 4.79 Å². The highest BCUT2D eigenvalue weighted by Gasteiger charge is 2.30. The van der Waals surface area contributed by atoms with Gasteiger partial charge in [-0.15, -0.1) is 0 Å². The van der Waals surface area contributed by atoms with Crippen molar-refractivity contribution in [3.05, 3.63) is 54.6 Å². The molecule has 0 bridgehead atoms. The van der Waals surface area contributed by atoms with E-state index in [0.29, 0.717) is 31.9 Å². The molecule has 2 aromatic heterocycles. The van der Waals surface area contributed by atoms with E-state index in [0.717, 1.165) is 11.4 Å². The van der Waals surface area contributed by atoms with E-state index in [2.05, 4.69) is 15.2 Å². The number of rotatable bonds is 4. The molecule has 25 heavy (non-hydrogen) atoms. The fourth-order valence-electron chi connectivity index (χ4n) is 3.20. The number of aromatic nitrogens is 5. The van der Waals surface area contributed by atoms with Gasteiger partial charge in [0.1, 0.15) is 5.82 Å². The minimum absolute atomic E-state index is 0.0798. The molecule has 4 rings (SSSR count). The van der Waals surface area contributed by atoms with E-state index < -0.39 is 0 Å². The van der Waals surface area contributed by atoms with Crippen LogP contribution in [-0.2, 0) is 17.9 Å². The van der Waals surface area contributed by atoms with Gasteiger partial charge in [0.25, 0.3) is 0 Å². The van der Waals surface area contributed by atoms with Gasteiger partial charge >= 0.3 is 0 Å². The Hall–Kier alpha value is -2.96. The molecule has 7 heteroatoms. The third-order valence-corrected chi connectivity index (χ3v) is 4.56. The number of aryl methyl sites for hydroxylation is 1. The highest BCUT2D eigenvalue weighted by Crippen LogP contribution is 2.26. The Morgan fingerprint density at radius 3 is 2.80 bits per heavy atom. The van der Waals surface area contributed by atoms with Crippen molar-refractivity contribution in [2.75, 3.05) is 6.54 Å². The standard InChI is InChI=1S/C18H20N6O/c1-14-18-20-17(15-6-3-2-4-7-15)21-24(18)13-12-23(14)16(25)8-11-22-10-5-9-19-22/h2-7,9-10,14H,8,11-13H2,1H3/t14-/m0/s1. The van der Waals surface area contributed by atoms with E-state index in [1.54, 1.807) is 10.9 Å². The van der Waals surface area contributed by atoms with Crippen molar-refractivity contribution in [1.82, 2.24) is 29.4 Å². The smallest absolute Gasteiger partial charge is 0.225 e. The lowest BCUT2D eigenvalue weighted by molar-refractivity contribution is -0.134. The lowest BCUT2D eigenvalue weighted by atomic mass is 10.2. The Bertz CT molecular complexity index is 855. The number of hydrogen-bond acceptors (Lipinski definition) is 4. The van der Waals surface area contributed by atoms with Gasteiger partial charge in [-0.2, -0.15) is 10.2 Å². The third kappa shape index (κ3) is 3.05. The summed E-state index contributed by atoms with van der Waals surface area (Å²) in [5, 5.41) is 8.75. The van der Waals surface area contributed by atoms with Crippen LogP contribution in [0.5, 0.6) is 0 Å². The summed E-state index contributed by atoms with van der Waals surface area (Å²) in [6.45, 7) is 3.94. The molecule has 0 fully saturated rings. The Morgan fingerprint density at radius 1 is 1.20 bits per heavy atom. The first kappa shape index (κ1) is 15.6. The van der Waals surface area contributed by atoms with Gasteiger partial charge in [-0.25, -0.2) is 9.67 Å². The van der Waals surface area contributed by atoms with Gasteiger partial charge in [0.15, 0.2) is 5.82 Å². The van der Waals surface area contributed by atoms with Crippen molar-refractivity contribution in [1.29, 1.82) is 0 Å². The first-order valence-corrected chi connectivity index (χ1v) is 8.49. The minimum atomic E-state index is -0.0798. The van der Waals surface area contributed by atoms with Gasteiger partial charge in [-0.05, 0) is 13.0 Å². The second kappa shape index (κ2) is 6.51. The van der Waals surface area contributed by atoms with Crippen LogP contribution in [0.1, 0.15) is 25.2 Å². The quantitative estimate of drug-likeness (QED) is 0.732. The zero-order valence-electron chi connectivity index (χ0n) is 14.1. The summed E-state index contributed by atoms with van der Waals surface area (Å²) in [5.41, 5.74) is 0.994. The Kier molecular flexibility index (Phi) is 4.05. The number of hydrogen-bond donors (Lipinski definition) is 0. The summed E-state index contributed by atoms with van der Waals surface area (Å²) in [6, 6.07) is 11.7. The first-order valence-electron chi connectivity index (χ1n) is 8.49. The van der Waals surface area contributed by atoms with Gasteiger partial charge in [0, 0.05) is 37.5 Å². The molecule has 1 aliphatic rings. The fourth-order valence-corrected chi connectivity index (χ4v) is 3.20. The predicted molar refractivity (Wildman–Crippen MR) is 92.4 cm³/mol. The molecule has 0 spiro atoms. The molecule has 1 amide bonds. The number of carbonyl (C=O) groups excluding carboxylic acids is 1. The number of amides is 1. The van der Waals surface area contributed by atoms with Crippen LogP contribution in [-0.4, -0.2) is 41.9 Å². The molecule has 0 saturated carbocycles. The molecule has 0 unspecified atom stereocenters. The molecule has 0 aliphatic carbocycles. The maximum Gasteiger partial charge on any atom is 0.225 e. The molecule has 128 valence electrons. The van der Waals surface area contributed by atoms with Crippen LogP contribution in [0.3, 0.4) is 0 Å². The highest BCUT2D eigenvalue weighted by atomic mass is 16.2. The van der Waals surface area contributed by atoms with E-state index >= 15 is 0 Å². The van der Waals surface area contributed by atoms with Crippen LogP contribution in [0.4, 0.5) is 0 Å². The second-order valence-electron chi connectivity index (χ2n) is 6.17. The van der Waals surface area contributed by atoms with Crippen molar-refractivity contribution in [2.45, 2.75) is 32.5 Å². The zero-order chi connectivity index (χ0) is 17.2. The van der Waals surface area contributed by atoms with Gasteiger partial charge in [0.05, 0.1) is 12.6 Å². The van der Waals surface area contributed by atoms with Crippen LogP contribution in [0.2, 0.25) is 0 Å². The van der Waals surface area contributed by atoms with E-state index in [1.165, 1.54) is 0 Å². The molecule has 1 atom stereocenters. The fraction of sp³-hybridized carbons (Fsp3) is 0.333. The summed E-state index contributed by atoms with van der Waals surface area (Å²) in [6.07, 6.45) is 4.03. The van der Waals surface area contributed by atoms with E-state index in [1.807, 2.05) is 59.1 Å². The van der Waals surface area contributed by atoms with Crippen molar-refractivity contribution in [3.63, 3.8) is 0 Å². The third-order valence-electron chi connectivity index (χ3n) is 4.56. The maximum atomic E-state index is 12.6. The van der Waals surface area contributed by atoms with Crippen molar-refractivity contribution >= 4 is 5.91 Å². The zero-order valence-corrected chi connectivity index (χ0v) is 14.1. The average molecular weight is 336 g/mol. The van der Waals surface area contributed by atoms with Gasteiger partial charge < -0.3 is 4.90 Å². The van der Waals surface area contributed by atoms with Crippen LogP contribution >= 0.6 is 0 Å². The molecule has 0 N–H and O–H groups in total. The molecule has 7 nitrogen and oxygen atoms in total. The van der Waals surface area contributed by atoms with Crippen LogP contribution < -0.4 is 0 Å². The average Bonchev–Trinajstić information content (AvgIpc) is 3.31. The summed E-state index contributed by atoms with van der Waals surface area (Å²) in [4.78, 5) is 19.2. The SMILES string of the molecule is C[C@H]1c2nc(-c3ccccc3)nn2CCN1C(=O)CCn1cccn1. The summed E-state index contributed by atoms with van der Waals surface area (Å²) >= 11 is 0. The van der Waals surface area contributed by atoms with Gasteiger partial charge in [-0.1, -0.05) is 30.3 Å². The minimum Gasteiger partial charge on any atom is -0.331 e. The Morgan fingerprint density at radius 2 is 2.04 bits per heavy atom. The first-order chi connectivity index (χ1) is 12.2. The second-order valence-corrected chi connectivity index (χ2v) is 6.17. The monoisotopic (exact) mass is 336 g/mol. The summed E-state index contributed by atoms with van der Waals surface area (Å²) < 4.78 is 3.70. The molecule has 0 saturated heterocycles. The Labute approximate surface area is 145 Å². The van der Waals surface area contributed by atoms with Crippen LogP contribution in [0.25, 0.3) is 11.4 Å². The molecule has 3 heterocycles.